The molecule has 0 saturated heterocycles. The molecule has 0 radical (unpaired) electrons. The average molecular weight is 310 g/mol. The highest BCUT2D eigenvalue weighted by Gasteiger charge is 2.12. The van der Waals surface area contributed by atoms with Crippen LogP contribution in [0.4, 0.5) is 0 Å². The quantitative estimate of drug-likeness (QED) is 0.751. The molecule has 116 valence electrons. The number of phenols is 1. The van der Waals surface area contributed by atoms with Gasteiger partial charge in [0.15, 0.2) is 5.43 Å². The van der Waals surface area contributed by atoms with E-state index in [2.05, 4.69) is 0 Å². The van der Waals surface area contributed by atoms with Crippen LogP contribution >= 0.6 is 0 Å². The minimum absolute atomic E-state index is 0.0257. The molecule has 0 aliphatic rings. The second kappa shape index (κ2) is 5.96. The van der Waals surface area contributed by atoms with Crippen LogP contribution in [0.15, 0.2) is 57.9 Å². The molecule has 2 aromatic carbocycles. The lowest BCUT2D eigenvalue weighted by atomic mass is 10.0. The van der Waals surface area contributed by atoms with Crippen molar-refractivity contribution in [3.63, 3.8) is 0 Å². The van der Waals surface area contributed by atoms with Gasteiger partial charge in [0.2, 0.25) is 0 Å². The van der Waals surface area contributed by atoms with Gasteiger partial charge in [0.25, 0.3) is 0 Å². The molecule has 0 amide bonds. The first kappa shape index (κ1) is 14.8. The molecule has 1 heterocycles. The number of aromatic hydroxyl groups is 1. The van der Waals surface area contributed by atoms with E-state index in [1.54, 1.807) is 31.2 Å². The minimum atomic E-state index is -0.440. The largest absolute Gasteiger partial charge is 0.508 e. The Hall–Kier alpha value is -3.08. The topological polar surface area (TPSA) is 76.7 Å². The Morgan fingerprint density at radius 2 is 2.04 bits per heavy atom. The van der Waals surface area contributed by atoms with Crippen LogP contribution in [0.5, 0.6) is 5.75 Å². The molecule has 0 bridgehead atoms. The molecular weight excluding hydrogens is 296 g/mol. The second-order valence-corrected chi connectivity index (χ2v) is 4.96. The van der Waals surface area contributed by atoms with Gasteiger partial charge in [0, 0.05) is 6.07 Å². The summed E-state index contributed by atoms with van der Waals surface area (Å²) in [5.74, 6) is -0.415. The maximum Gasteiger partial charge on any atom is 0.338 e. The number of carbonyl (C=O) groups is 1. The summed E-state index contributed by atoms with van der Waals surface area (Å²) >= 11 is 0. The second-order valence-electron chi connectivity index (χ2n) is 4.96. The molecule has 0 atom stereocenters. The number of carbonyl (C=O) groups excluding carboxylic acids is 1. The van der Waals surface area contributed by atoms with Crippen molar-refractivity contribution in [2.24, 2.45) is 0 Å². The predicted octanol–water partition coefficient (Wildman–Crippen LogP) is 3.34. The molecule has 0 aliphatic carbocycles. The van der Waals surface area contributed by atoms with Crippen LogP contribution in [0.25, 0.3) is 22.1 Å². The Kier molecular flexibility index (Phi) is 3.85. The SMILES string of the molecule is CCOC(=O)c1cccc(-c2coc3cc(O)ccc3c2=O)c1. The van der Waals surface area contributed by atoms with Crippen LogP contribution in [0.1, 0.15) is 17.3 Å². The number of hydrogen-bond donors (Lipinski definition) is 1. The fourth-order valence-electron chi connectivity index (χ4n) is 2.34. The normalized spacial score (nSPS) is 10.7. The van der Waals surface area contributed by atoms with E-state index in [1.807, 2.05) is 0 Å². The number of phenolic OH excluding ortho intramolecular Hbond substituents is 1. The summed E-state index contributed by atoms with van der Waals surface area (Å²) in [6.45, 7) is 2.01. The molecule has 1 N–H and O–H groups in total. The van der Waals surface area contributed by atoms with E-state index in [-0.39, 0.29) is 17.8 Å². The first-order chi connectivity index (χ1) is 11.1. The zero-order valence-electron chi connectivity index (χ0n) is 12.4. The lowest BCUT2D eigenvalue weighted by Crippen LogP contribution is -2.07. The van der Waals surface area contributed by atoms with Crippen molar-refractivity contribution in [2.75, 3.05) is 6.61 Å². The molecule has 0 unspecified atom stereocenters. The third-order valence-electron chi connectivity index (χ3n) is 3.44. The third kappa shape index (κ3) is 2.81. The van der Waals surface area contributed by atoms with Crippen molar-refractivity contribution in [3.8, 4) is 16.9 Å². The van der Waals surface area contributed by atoms with Crippen molar-refractivity contribution in [2.45, 2.75) is 6.92 Å². The van der Waals surface area contributed by atoms with Crippen LogP contribution in [-0.2, 0) is 4.74 Å². The van der Waals surface area contributed by atoms with Gasteiger partial charge in [-0.1, -0.05) is 12.1 Å². The molecule has 0 aliphatic heterocycles. The average Bonchev–Trinajstić information content (AvgIpc) is 2.55. The van der Waals surface area contributed by atoms with Crippen LogP contribution in [0.3, 0.4) is 0 Å². The van der Waals surface area contributed by atoms with Crippen molar-refractivity contribution < 1.29 is 19.1 Å². The van der Waals surface area contributed by atoms with E-state index >= 15 is 0 Å². The van der Waals surface area contributed by atoms with E-state index in [9.17, 15) is 14.7 Å². The highest BCUT2D eigenvalue weighted by Crippen LogP contribution is 2.23. The van der Waals surface area contributed by atoms with Gasteiger partial charge in [-0.05, 0) is 36.8 Å². The Morgan fingerprint density at radius 3 is 2.83 bits per heavy atom. The summed E-state index contributed by atoms with van der Waals surface area (Å²) < 4.78 is 10.4. The lowest BCUT2D eigenvalue weighted by Gasteiger charge is -2.06. The fourth-order valence-corrected chi connectivity index (χ4v) is 2.34. The number of esters is 1. The monoisotopic (exact) mass is 310 g/mol. The van der Waals surface area contributed by atoms with Gasteiger partial charge >= 0.3 is 5.97 Å². The Labute approximate surface area is 131 Å². The molecule has 5 heteroatoms. The summed E-state index contributed by atoms with van der Waals surface area (Å²) in [6, 6.07) is 10.9. The van der Waals surface area contributed by atoms with Gasteiger partial charge in [0.05, 0.1) is 23.1 Å². The summed E-state index contributed by atoms with van der Waals surface area (Å²) in [5, 5.41) is 9.80. The molecule has 0 spiro atoms. The van der Waals surface area contributed by atoms with Crippen LogP contribution < -0.4 is 5.43 Å². The van der Waals surface area contributed by atoms with Gasteiger partial charge in [-0.3, -0.25) is 4.79 Å². The molecule has 5 nitrogen and oxygen atoms in total. The highest BCUT2D eigenvalue weighted by molar-refractivity contribution is 5.91. The van der Waals surface area contributed by atoms with Crippen molar-refractivity contribution in [1.82, 2.24) is 0 Å². The Bertz CT molecular complexity index is 940. The number of ether oxygens (including phenoxy) is 1. The van der Waals surface area contributed by atoms with Gasteiger partial charge in [-0.25, -0.2) is 4.79 Å². The van der Waals surface area contributed by atoms with Crippen molar-refractivity contribution in [3.05, 3.63) is 64.5 Å². The van der Waals surface area contributed by atoms with Gasteiger partial charge in [-0.15, -0.1) is 0 Å². The van der Waals surface area contributed by atoms with Gasteiger partial charge < -0.3 is 14.3 Å². The maximum absolute atomic E-state index is 12.6. The number of fused-ring (bicyclic) bond motifs is 1. The van der Waals surface area contributed by atoms with Crippen LogP contribution in [0, 0.1) is 0 Å². The Morgan fingerprint density at radius 1 is 1.22 bits per heavy atom. The number of hydrogen-bond acceptors (Lipinski definition) is 5. The van der Waals surface area contributed by atoms with Crippen molar-refractivity contribution >= 4 is 16.9 Å². The highest BCUT2D eigenvalue weighted by atomic mass is 16.5. The van der Waals surface area contributed by atoms with Gasteiger partial charge in [0.1, 0.15) is 17.6 Å². The molecule has 3 aromatic rings. The van der Waals surface area contributed by atoms with E-state index in [4.69, 9.17) is 9.15 Å². The standard InChI is InChI=1S/C18H14O5/c1-2-22-18(21)12-5-3-4-11(8-12)15-10-23-16-9-13(19)6-7-14(16)17(15)20/h3-10,19H,2H2,1H3. The lowest BCUT2D eigenvalue weighted by molar-refractivity contribution is 0.0526. The smallest absolute Gasteiger partial charge is 0.338 e. The molecule has 0 fully saturated rings. The molecule has 3 rings (SSSR count). The maximum atomic E-state index is 12.6. The molecular formula is C18H14O5. The van der Waals surface area contributed by atoms with E-state index in [0.717, 1.165) is 0 Å². The zero-order chi connectivity index (χ0) is 16.4. The predicted molar refractivity (Wildman–Crippen MR) is 85.5 cm³/mol. The summed E-state index contributed by atoms with van der Waals surface area (Å²) in [7, 11) is 0. The minimum Gasteiger partial charge on any atom is -0.508 e. The summed E-state index contributed by atoms with van der Waals surface area (Å²) in [4.78, 5) is 24.4. The molecule has 0 saturated carbocycles. The van der Waals surface area contributed by atoms with E-state index in [0.29, 0.717) is 27.7 Å². The molecule has 23 heavy (non-hydrogen) atoms. The van der Waals surface area contributed by atoms with Crippen molar-refractivity contribution in [1.29, 1.82) is 0 Å². The number of benzene rings is 2. The first-order valence-electron chi connectivity index (χ1n) is 7.12. The summed E-state index contributed by atoms with van der Waals surface area (Å²) in [5.41, 5.74) is 1.36. The Balaban J connectivity index is 2.12. The molecule has 1 aromatic heterocycles. The van der Waals surface area contributed by atoms with Gasteiger partial charge in [-0.2, -0.15) is 0 Å². The van der Waals surface area contributed by atoms with Crippen LogP contribution in [0.2, 0.25) is 0 Å². The fraction of sp³-hybridized carbons (Fsp3) is 0.111. The number of rotatable bonds is 3. The van der Waals surface area contributed by atoms with E-state index < -0.39 is 5.97 Å². The third-order valence-corrected chi connectivity index (χ3v) is 3.44. The summed E-state index contributed by atoms with van der Waals surface area (Å²) in [6.07, 6.45) is 1.33. The van der Waals surface area contributed by atoms with Crippen LogP contribution in [-0.4, -0.2) is 17.7 Å². The zero-order valence-corrected chi connectivity index (χ0v) is 12.4. The first-order valence-corrected chi connectivity index (χ1v) is 7.12. The van der Waals surface area contributed by atoms with E-state index in [1.165, 1.54) is 24.5 Å².